The molecule has 0 saturated carbocycles. The zero-order valence-corrected chi connectivity index (χ0v) is 20.0. The van der Waals surface area contributed by atoms with Gasteiger partial charge in [0.2, 0.25) is 4.80 Å². The van der Waals surface area contributed by atoms with Gasteiger partial charge >= 0.3 is 0 Å². The Morgan fingerprint density at radius 2 is 1.91 bits per heavy atom. The highest BCUT2D eigenvalue weighted by Crippen LogP contribution is 2.33. The minimum atomic E-state index is -0.175. The lowest BCUT2D eigenvalue weighted by molar-refractivity contribution is -0.118. The van der Waals surface area contributed by atoms with Crippen LogP contribution < -0.4 is 14.9 Å². The highest BCUT2D eigenvalue weighted by Gasteiger charge is 2.18. The van der Waals surface area contributed by atoms with Crippen molar-refractivity contribution in [3.8, 4) is 22.8 Å². The van der Waals surface area contributed by atoms with Gasteiger partial charge in [-0.2, -0.15) is 5.10 Å². The first-order valence-electron chi connectivity index (χ1n) is 11.2. The number of benzene rings is 3. The first-order chi connectivity index (χ1) is 17.1. The summed E-state index contributed by atoms with van der Waals surface area (Å²) in [5.74, 6) is 0.678. The third-order valence-corrected chi connectivity index (χ3v) is 6.47. The monoisotopic (exact) mass is 484 g/mol. The molecule has 5 rings (SSSR count). The van der Waals surface area contributed by atoms with Crippen LogP contribution in [0.4, 0.5) is 5.69 Å². The Hall–Kier alpha value is -4.17. The van der Waals surface area contributed by atoms with Gasteiger partial charge in [0.15, 0.2) is 6.61 Å². The quantitative estimate of drug-likeness (QED) is 0.390. The number of carbonyl (C=O) groups is 1. The van der Waals surface area contributed by atoms with Gasteiger partial charge in [-0.1, -0.05) is 30.3 Å². The van der Waals surface area contributed by atoms with Gasteiger partial charge in [0, 0.05) is 17.5 Å². The molecule has 2 N–H and O–H groups in total. The molecule has 4 aromatic rings. The maximum Gasteiger partial charge on any atom is 0.262 e. The molecule has 8 heteroatoms. The number of fused-ring (bicyclic) bond motifs is 1. The number of phenols is 1. The summed E-state index contributed by atoms with van der Waals surface area (Å²) >= 11 is 1.51. The summed E-state index contributed by atoms with van der Waals surface area (Å²) in [6, 6.07) is 22.9. The van der Waals surface area contributed by atoms with Crippen LogP contribution in [0.15, 0.2) is 88.3 Å². The number of aromatic nitrogens is 1. The van der Waals surface area contributed by atoms with Gasteiger partial charge < -0.3 is 15.2 Å². The third kappa shape index (κ3) is 5.17. The standard InChI is InChI=1S/C27H24N4O3S/c1-18(20-7-10-22(32)11-8-20)30-31-24(21-9-12-25-23(15-21)29-26(33)16-34-25)17-35-27(31)28-14-13-19-5-3-2-4-6-19/h2-12,15,17,32H,13-14,16H2,1H3,(H,29,33). The lowest BCUT2D eigenvalue weighted by Gasteiger charge is -2.18. The molecule has 0 radical (unpaired) electrons. The van der Waals surface area contributed by atoms with E-state index in [0.717, 1.165) is 33.8 Å². The summed E-state index contributed by atoms with van der Waals surface area (Å²) in [4.78, 5) is 17.4. The van der Waals surface area contributed by atoms with Crippen LogP contribution in [0.25, 0.3) is 11.3 Å². The third-order valence-electron chi connectivity index (χ3n) is 5.62. The molecule has 7 nitrogen and oxygen atoms in total. The molecule has 1 aromatic heterocycles. The molecule has 1 amide bonds. The van der Waals surface area contributed by atoms with Crippen molar-refractivity contribution in [2.75, 3.05) is 18.5 Å². The highest BCUT2D eigenvalue weighted by molar-refractivity contribution is 7.07. The second kappa shape index (κ2) is 9.99. The first kappa shape index (κ1) is 22.6. The second-order valence-electron chi connectivity index (χ2n) is 8.11. The van der Waals surface area contributed by atoms with E-state index in [1.165, 1.54) is 16.9 Å². The molecule has 176 valence electrons. The number of ether oxygens (including phenoxy) is 1. The van der Waals surface area contributed by atoms with Crippen LogP contribution in [-0.4, -0.2) is 34.6 Å². The van der Waals surface area contributed by atoms with Gasteiger partial charge in [0.25, 0.3) is 5.91 Å². The van der Waals surface area contributed by atoms with E-state index >= 15 is 0 Å². The predicted octanol–water partition coefficient (Wildman–Crippen LogP) is 4.67. The van der Waals surface area contributed by atoms with Crippen molar-refractivity contribution in [1.29, 1.82) is 0 Å². The van der Waals surface area contributed by atoms with E-state index in [4.69, 9.17) is 14.8 Å². The topological polar surface area (TPSA) is 88.2 Å². The average molecular weight is 485 g/mol. The molecule has 0 unspecified atom stereocenters. The largest absolute Gasteiger partial charge is 0.508 e. The molecular weight excluding hydrogens is 460 g/mol. The van der Waals surface area contributed by atoms with Gasteiger partial charge in [-0.25, -0.2) is 4.68 Å². The summed E-state index contributed by atoms with van der Waals surface area (Å²) in [5, 5.41) is 19.4. The van der Waals surface area contributed by atoms with E-state index in [9.17, 15) is 9.90 Å². The normalized spacial score (nSPS) is 13.8. The molecule has 0 saturated heterocycles. The number of aromatic hydroxyl groups is 1. The van der Waals surface area contributed by atoms with Crippen molar-refractivity contribution in [1.82, 2.24) is 4.68 Å². The van der Waals surface area contributed by atoms with E-state index in [0.29, 0.717) is 18.0 Å². The molecule has 3 aromatic carbocycles. The van der Waals surface area contributed by atoms with Crippen molar-refractivity contribution in [3.05, 3.63) is 94.1 Å². The van der Waals surface area contributed by atoms with E-state index in [1.54, 1.807) is 12.1 Å². The van der Waals surface area contributed by atoms with Gasteiger partial charge in [-0.3, -0.25) is 9.79 Å². The Labute approximate surface area is 206 Å². The summed E-state index contributed by atoms with van der Waals surface area (Å²) in [5.41, 5.74) is 5.29. The maximum absolute atomic E-state index is 11.8. The zero-order chi connectivity index (χ0) is 24.2. The Kier molecular flexibility index (Phi) is 6.45. The molecule has 35 heavy (non-hydrogen) atoms. The molecule has 0 atom stereocenters. The Morgan fingerprint density at radius 3 is 2.71 bits per heavy atom. The molecule has 1 aliphatic heterocycles. The fourth-order valence-electron chi connectivity index (χ4n) is 3.78. The average Bonchev–Trinajstić information content (AvgIpc) is 3.26. The number of hydrogen-bond acceptors (Lipinski definition) is 6. The number of anilines is 1. The van der Waals surface area contributed by atoms with E-state index in [1.807, 2.05) is 65.5 Å². The van der Waals surface area contributed by atoms with Crippen molar-refractivity contribution >= 4 is 28.6 Å². The number of nitrogens with one attached hydrogen (secondary N) is 1. The number of hydrogen-bond donors (Lipinski definition) is 2. The molecular formula is C27H24N4O3S. The molecule has 0 bridgehead atoms. The lowest BCUT2D eigenvalue weighted by Crippen LogP contribution is -2.25. The Balaban J connectivity index is 1.55. The fourth-order valence-corrected chi connectivity index (χ4v) is 4.64. The SMILES string of the molecule is CC(=Nn1c(-c2ccc3c(c2)NC(=O)CO3)csc1=NCCc1ccccc1)c1ccc(O)cc1. The Bertz CT molecular complexity index is 1450. The summed E-state index contributed by atoms with van der Waals surface area (Å²) in [6.45, 7) is 2.58. The fraction of sp³-hybridized carbons (Fsp3) is 0.148. The number of rotatable bonds is 6. The van der Waals surface area contributed by atoms with Gasteiger partial charge in [0.1, 0.15) is 11.5 Å². The van der Waals surface area contributed by atoms with Crippen LogP contribution in [0, 0.1) is 0 Å². The molecule has 1 aliphatic rings. The molecule has 2 heterocycles. The van der Waals surface area contributed by atoms with E-state index in [2.05, 4.69) is 17.4 Å². The zero-order valence-electron chi connectivity index (χ0n) is 19.1. The summed E-state index contributed by atoms with van der Waals surface area (Å²) < 4.78 is 7.34. The number of amides is 1. The summed E-state index contributed by atoms with van der Waals surface area (Å²) in [7, 11) is 0. The van der Waals surface area contributed by atoms with E-state index in [-0.39, 0.29) is 18.3 Å². The van der Waals surface area contributed by atoms with Crippen LogP contribution in [0.3, 0.4) is 0 Å². The van der Waals surface area contributed by atoms with Crippen LogP contribution in [0.5, 0.6) is 11.5 Å². The highest BCUT2D eigenvalue weighted by atomic mass is 32.1. The number of phenolic OH excluding ortho intramolecular Hbond substituents is 1. The van der Waals surface area contributed by atoms with Gasteiger partial charge in [0.05, 0.1) is 17.1 Å². The van der Waals surface area contributed by atoms with Crippen molar-refractivity contribution in [3.63, 3.8) is 0 Å². The molecule has 0 fully saturated rings. The van der Waals surface area contributed by atoms with Crippen LogP contribution in [0.2, 0.25) is 0 Å². The smallest absolute Gasteiger partial charge is 0.262 e. The van der Waals surface area contributed by atoms with Gasteiger partial charge in [-0.05, 0) is 66.9 Å². The lowest BCUT2D eigenvalue weighted by atomic mass is 10.1. The number of carbonyl (C=O) groups excluding carboxylic acids is 1. The first-order valence-corrected chi connectivity index (χ1v) is 12.1. The van der Waals surface area contributed by atoms with Gasteiger partial charge in [-0.15, -0.1) is 11.3 Å². The maximum atomic E-state index is 11.8. The molecule has 0 spiro atoms. The summed E-state index contributed by atoms with van der Waals surface area (Å²) in [6.07, 6.45) is 0.830. The predicted molar refractivity (Wildman–Crippen MR) is 138 cm³/mol. The minimum Gasteiger partial charge on any atom is -0.508 e. The van der Waals surface area contributed by atoms with Crippen molar-refractivity contribution in [2.45, 2.75) is 13.3 Å². The van der Waals surface area contributed by atoms with Crippen molar-refractivity contribution in [2.24, 2.45) is 10.1 Å². The number of nitrogens with zero attached hydrogens (tertiary/aromatic N) is 3. The van der Waals surface area contributed by atoms with Crippen molar-refractivity contribution < 1.29 is 14.6 Å². The molecule has 0 aliphatic carbocycles. The van der Waals surface area contributed by atoms with Crippen LogP contribution >= 0.6 is 11.3 Å². The number of thiazole rings is 1. The Morgan fingerprint density at radius 1 is 1.11 bits per heavy atom. The minimum absolute atomic E-state index is 0.0192. The second-order valence-corrected chi connectivity index (χ2v) is 8.95. The van der Waals surface area contributed by atoms with Crippen LogP contribution in [-0.2, 0) is 11.2 Å². The van der Waals surface area contributed by atoms with Crippen LogP contribution in [0.1, 0.15) is 18.1 Å². The van der Waals surface area contributed by atoms with E-state index < -0.39 is 0 Å².